The molecule has 30 heavy (non-hydrogen) atoms. The van der Waals surface area contributed by atoms with Gasteiger partial charge in [0.05, 0.1) is 16.4 Å². The molecule has 0 aliphatic carbocycles. The van der Waals surface area contributed by atoms with E-state index in [4.69, 9.17) is 16.3 Å². The van der Waals surface area contributed by atoms with Crippen LogP contribution in [-0.2, 0) is 15.0 Å². The molecule has 0 atom stereocenters. The zero-order valence-corrected chi connectivity index (χ0v) is 17.9. The quantitative estimate of drug-likeness (QED) is 0.674. The number of rotatable bonds is 5. The van der Waals surface area contributed by atoms with E-state index in [1.807, 2.05) is 12.1 Å². The summed E-state index contributed by atoms with van der Waals surface area (Å²) in [7, 11) is 0. The number of benzene rings is 2. The van der Waals surface area contributed by atoms with Gasteiger partial charge in [-0.3, -0.25) is 14.4 Å². The zero-order chi connectivity index (χ0) is 21.9. The monoisotopic (exact) mass is 429 g/mol. The molecule has 2 aromatic rings. The van der Waals surface area contributed by atoms with Gasteiger partial charge >= 0.3 is 0 Å². The van der Waals surface area contributed by atoms with Gasteiger partial charge in [-0.25, -0.2) is 0 Å². The lowest BCUT2D eigenvalue weighted by atomic mass is 9.87. The Morgan fingerprint density at radius 1 is 1.17 bits per heavy atom. The Morgan fingerprint density at radius 2 is 1.87 bits per heavy atom. The molecular weight excluding hydrogens is 406 g/mol. The Labute approximate surface area is 180 Å². The molecule has 0 unspecified atom stereocenters. The van der Waals surface area contributed by atoms with Crippen LogP contribution in [0.1, 0.15) is 43.1 Å². The van der Waals surface area contributed by atoms with Gasteiger partial charge in [0.2, 0.25) is 5.91 Å². The van der Waals surface area contributed by atoms with Crippen molar-refractivity contribution in [1.82, 2.24) is 5.32 Å². The second-order valence-corrected chi connectivity index (χ2v) is 8.45. The Hall–Kier alpha value is -3.06. The highest BCUT2D eigenvalue weighted by molar-refractivity contribution is 6.34. The van der Waals surface area contributed by atoms with E-state index in [2.05, 4.69) is 36.7 Å². The number of anilines is 2. The number of hydrogen-bond donors (Lipinski definition) is 3. The van der Waals surface area contributed by atoms with Crippen LogP contribution in [0.2, 0.25) is 5.02 Å². The Balaban J connectivity index is 1.51. The van der Waals surface area contributed by atoms with E-state index in [9.17, 15) is 14.4 Å². The topological polar surface area (TPSA) is 96.5 Å². The first-order valence-electron chi connectivity index (χ1n) is 9.58. The number of nitrogens with one attached hydrogen (secondary N) is 3. The number of carbonyl (C=O) groups excluding carboxylic acids is 3. The molecular formula is C22H24ClN3O4. The number of carbonyl (C=O) groups is 3. The summed E-state index contributed by atoms with van der Waals surface area (Å²) in [6, 6.07) is 10.5. The molecule has 3 N–H and O–H groups in total. The minimum Gasteiger partial charge on any atom is -0.482 e. The number of ether oxygens (including phenoxy) is 1. The third kappa shape index (κ3) is 5.30. The van der Waals surface area contributed by atoms with Gasteiger partial charge in [-0.1, -0.05) is 44.5 Å². The van der Waals surface area contributed by atoms with Gasteiger partial charge in [0.1, 0.15) is 5.75 Å². The number of fused-ring (bicyclic) bond motifs is 1. The third-order valence-electron chi connectivity index (χ3n) is 4.63. The molecule has 3 amide bonds. The van der Waals surface area contributed by atoms with Gasteiger partial charge in [-0.2, -0.15) is 0 Å². The molecule has 0 saturated carbocycles. The normalized spacial score (nSPS) is 13.0. The molecule has 0 spiro atoms. The number of amides is 3. The van der Waals surface area contributed by atoms with Crippen molar-refractivity contribution in [1.29, 1.82) is 0 Å². The number of hydrogen-bond acceptors (Lipinski definition) is 4. The lowest BCUT2D eigenvalue weighted by Gasteiger charge is -2.19. The van der Waals surface area contributed by atoms with Crippen molar-refractivity contribution in [3.05, 3.63) is 52.5 Å². The first-order valence-corrected chi connectivity index (χ1v) is 9.96. The van der Waals surface area contributed by atoms with Crippen molar-refractivity contribution in [2.75, 3.05) is 23.8 Å². The van der Waals surface area contributed by atoms with Crippen LogP contribution >= 0.6 is 11.6 Å². The predicted octanol–water partition coefficient (Wildman–Crippen LogP) is 3.73. The molecule has 0 fully saturated rings. The van der Waals surface area contributed by atoms with E-state index in [1.165, 1.54) is 6.07 Å². The van der Waals surface area contributed by atoms with E-state index in [0.29, 0.717) is 22.7 Å². The van der Waals surface area contributed by atoms with Gasteiger partial charge < -0.3 is 20.7 Å². The molecule has 0 aromatic heterocycles. The standard InChI is InChI=1S/C22H24ClN3O4/c1-22(2,3)14-6-4-13(5-7-14)21(29)24-9-8-19(27)25-16-11-18-17(10-15(16)23)26-20(28)12-30-18/h4-7,10-11H,8-9,12H2,1-3H3,(H,24,29)(H,25,27)(H,26,28). The van der Waals surface area contributed by atoms with Gasteiger partial charge in [0.25, 0.3) is 11.8 Å². The maximum absolute atomic E-state index is 12.3. The predicted molar refractivity (Wildman–Crippen MR) is 116 cm³/mol. The van der Waals surface area contributed by atoms with E-state index in [0.717, 1.165) is 5.56 Å². The van der Waals surface area contributed by atoms with Crippen molar-refractivity contribution in [2.24, 2.45) is 0 Å². The summed E-state index contributed by atoms with van der Waals surface area (Å²) >= 11 is 6.17. The van der Waals surface area contributed by atoms with Crippen molar-refractivity contribution >= 4 is 40.7 Å². The molecule has 2 aromatic carbocycles. The van der Waals surface area contributed by atoms with Crippen molar-refractivity contribution < 1.29 is 19.1 Å². The first-order chi connectivity index (χ1) is 14.1. The maximum atomic E-state index is 12.3. The molecule has 1 aliphatic rings. The molecule has 0 saturated heterocycles. The Bertz CT molecular complexity index is 981. The van der Waals surface area contributed by atoms with Crippen molar-refractivity contribution in [2.45, 2.75) is 32.6 Å². The Kier molecular flexibility index (Phi) is 6.31. The summed E-state index contributed by atoms with van der Waals surface area (Å²) in [6.45, 7) is 6.42. The molecule has 3 rings (SSSR count). The van der Waals surface area contributed by atoms with Gasteiger partial charge in [0.15, 0.2) is 6.61 Å². The summed E-state index contributed by atoms with van der Waals surface area (Å²) in [4.78, 5) is 35.9. The maximum Gasteiger partial charge on any atom is 0.262 e. The molecule has 8 heteroatoms. The van der Waals surface area contributed by atoms with E-state index in [-0.39, 0.29) is 47.7 Å². The van der Waals surface area contributed by atoms with E-state index < -0.39 is 0 Å². The van der Waals surface area contributed by atoms with Crippen LogP contribution in [-0.4, -0.2) is 30.9 Å². The third-order valence-corrected chi connectivity index (χ3v) is 4.94. The first kappa shape index (κ1) is 21.6. The average Bonchev–Trinajstić information content (AvgIpc) is 2.68. The van der Waals surface area contributed by atoms with E-state index in [1.54, 1.807) is 18.2 Å². The van der Waals surface area contributed by atoms with Gasteiger partial charge in [0, 0.05) is 24.6 Å². The summed E-state index contributed by atoms with van der Waals surface area (Å²) in [6.07, 6.45) is 0.0802. The summed E-state index contributed by atoms with van der Waals surface area (Å²) < 4.78 is 5.32. The fourth-order valence-electron chi connectivity index (χ4n) is 2.92. The SMILES string of the molecule is CC(C)(C)c1ccc(C(=O)NCCC(=O)Nc2cc3c(cc2Cl)NC(=O)CO3)cc1. The van der Waals surface area contributed by atoms with Crippen molar-refractivity contribution in [3.63, 3.8) is 0 Å². The molecule has 7 nitrogen and oxygen atoms in total. The highest BCUT2D eigenvalue weighted by atomic mass is 35.5. The summed E-state index contributed by atoms with van der Waals surface area (Å²) in [5.41, 5.74) is 2.53. The van der Waals surface area contributed by atoms with Crippen LogP contribution < -0.4 is 20.7 Å². The van der Waals surface area contributed by atoms with Crippen LogP contribution in [0.4, 0.5) is 11.4 Å². The summed E-state index contributed by atoms with van der Waals surface area (Å²) in [5, 5.41) is 8.35. The lowest BCUT2D eigenvalue weighted by molar-refractivity contribution is -0.118. The molecule has 0 bridgehead atoms. The average molecular weight is 430 g/mol. The number of halogens is 1. The highest BCUT2D eigenvalue weighted by Crippen LogP contribution is 2.36. The van der Waals surface area contributed by atoms with E-state index >= 15 is 0 Å². The largest absolute Gasteiger partial charge is 0.482 e. The molecule has 158 valence electrons. The fourth-order valence-corrected chi connectivity index (χ4v) is 3.13. The van der Waals surface area contributed by atoms with Crippen LogP contribution in [0.5, 0.6) is 5.75 Å². The zero-order valence-electron chi connectivity index (χ0n) is 17.1. The van der Waals surface area contributed by atoms with Crippen LogP contribution in [0.3, 0.4) is 0 Å². The second-order valence-electron chi connectivity index (χ2n) is 8.05. The minimum absolute atomic E-state index is 0.0156. The summed E-state index contributed by atoms with van der Waals surface area (Å²) in [5.74, 6) is -0.375. The van der Waals surface area contributed by atoms with Crippen LogP contribution in [0.25, 0.3) is 0 Å². The highest BCUT2D eigenvalue weighted by Gasteiger charge is 2.19. The lowest BCUT2D eigenvalue weighted by Crippen LogP contribution is -2.28. The molecule has 0 radical (unpaired) electrons. The smallest absolute Gasteiger partial charge is 0.262 e. The van der Waals surface area contributed by atoms with Crippen LogP contribution in [0, 0.1) is 0 Å². The van der Waals surface area contributed by atoms with Gasteiger partial charge in [-0.05, 0) is 29.2 Å². The van der Waals surface area contributed by atoms with Crippen LogP contribution in [0.15, 0.2) is 36.4 Å². The molecule has 1 aliphatic heterocycles. The molecule has 1 heterocycles. The second kappa shape index (κ2) is 8.75. The minimum atomic E-state index is -0.305. The van der Waals surface area contributed by atoms with Crippen molar-refractivity contribution in [3.8, 4) is 5.75 Å². The Morgan fingerprint density at radius 3 is 2.53 bits per heavy atom. The van der Waals surface area contributed by atoms with Gasteiger partial charge in [-0.15, -0.1) is 0 Å². The fraction of sp³-hybridized carbons (Fsp3) is 0.318.